The summed E-state index contributed by atoms with van der Waals surface area (Å²) in [4.78, 5) is 9.56. The Balaban J connectivity index is 0.000000161. The van der Waals surface area contributed by atoms with Crippen molar-refractivity contribution in [3.05, 3.63) is 154 Å². The van der Waals surface area contributed by atoms with Crippen molar-refractivity contribution < 1.29 is 41.6 Å². The molecular formula is C62H63F5N10O4. The third-order valence-electron chi connectivity index (χ3n) is 17.0. The summed E-state index contributed by atoms with van der Waals surface area (Å²) in [5.41, 5.74) is 7.02. The van der Waals surface area contributed by atoms with Gasteiger partial charge in [-0.05, 0) is 138 Å². The third-order valence-corrected chi connectivity index (χ3v) is 17.0. The second kappa shape index (κ2) is 20.8. The fourth-order valence-corrected chi connectivity index (χ4v) is 12.8. The average Bonchev–Trinajstić information content (AvgIpc) is 3.39. The SMILES string of the molecule is Cc1nnn(C)c1-c1cnc2c3c(F)cc(C(C)(C)O)cc3n(C(c3c(F)cc(F)cc3F)C3CCOCC3)c2c1.Cc1nnn(C)c1-c1cnc2c3cc(F)c(C(C)(O)C4CC4)cc3n([C@H](c3ccccc3)C3CCOCC3)c2c1. The number of fused-ring (bicyclic) bond motifs is 6. The van der Waals surface area contributed by atoms with E-state index < -0.39 is 40.5 Å². The maximum Gasteiger partial charge on any atom is 0.135 e. The zero-order valence-corrected chi connectivity index (χ0v) is 46.2. The van der Waals surface area contributed by atoms with Gasteiger partial charge in [-0.15, -0.1) is 10.2 Å². The number of pyridine rings is 2. The summed E-state index contributed by atoms with van der Waals surface area (Å²) in [6.45, 7) is 10.7. The van der Waals surface area contributed by atoms with Crippen molar-refractivity contribution in [1.82, 2.24) is 49.1 Å². The molecule has 0 radical (unpaired) electrons. The molecule has 1 saturated carbocycles. The highest BCUT2D eigenvalue weighted by molar-refractivity contribution is 6.08. The van der Waals surface area contributed by atoms with Crippen LogP contribution in [0.4, 0.5) is 22.0 Å². The van der Waals surface area contributed by atoms with Gasteiger partial charge in [-0.2, -0.15) is 0 Å². The van der Waals surface area contributed by atoms with E-state index in [9.17, 15) is 14.6 Å². The summed E-state index contributed by atoms with van der Waals surface area (Å²) in [6, 6.07) is 21.1. The van der Waals surface area contributed by atoms with Crippen molar-refractivity contribution in [1.29, 1.82) is 0 Å². The van der Waals surface area contributed by atoms with Crippen LogP contribution >= 0.6 is 0 Å². The summed E-state index contributed by atoms with van der Waals surface area (Å²) < 4.78 is 95.7. The van der Waals surface area contributed by atoms with E-state index in [4.69, 9.17) is 14.5 Å². The minimum atomic E-state index is -1.41. The fraction of sp³-hybridized carbons (Fsp3) is 0.387. The van der Waals surface area contributed by atoms with Gasteiger partial charge in [-0.1, -0.05) is 40.8 Å². The monoisotopic (exact) mass is 1110 g/mol. The first-order valence-corrected chi connectivity index (χ1v) is 27.6. The Morgan fingerprint density at radius 1 is 0.580 bits per heavy atom. The van der Waals surface area contributed by atoms with Crippen LogP contribution in [0.1, 0.15) is 105 Å². The van der Waals surface area contributed by atoms with E-state index in [-0.39, 0.29) is 45.7 Å². The van der Waals surface area contributed by atoms with Crippen molar-refractivity contribution in [2.45, 2.75) is 96.4 Å². The molecule has 0 spiro atoms. The summed E-state index contributed by atoms with van der Waals surface area (Å²) >= 11 is 0. The van der Waals surface area contributed by atoms with Crippen LogP contribution in [-0.2, 0) is 34.8 Å². The van der Waals surface area contributed by atoms with E-state index in [0.29, 0.717) is 90.9 Å². The molecule has 8 heterocycles. The van der Waals surface area contributed by atoms with E-state index in [0.717, 1.165) is 64.6 Å². The van der Waals surface area contributed by atoms with Gasteiger partial charge in [0, 0.05) is 92.7 Å². The smallest absolute Gasteiger partial charge is 0.135 e. The second-order valence-corrected chi connectivity index (χ2v) is 22.9. The number of hydrogen-bond acceptors (Lipinski definition) is 10. The molecule has 2 N–H and O–H groups in total. The Labute approximate surface area is 464 Å². The molecule has 420 valence electrons. The molecule has 2 aliphatic heterocycles. The van der Waals surface area contributed by atoms with Crippen molar-refractivity contribution in [2.75, 3.05) is 26.4 Å². The summed E-state index contributed by atoms with van der Waals surface area (Å²) in [5.74, 6) is -4.08. The van der Waals surface area contributed by atoms with Gasteiger partial charge >= 0.3 is 0 Å². The van der Waals surface area contributed by atoms with Gasteiger partial charge in [0.2, 0.25) is 0 Å². The molecule has 0 amide bonds. The number of aryl methyl sites for hydroxylation is 4. The first-order valence-electron chi connectivity index (χ1n) is 27.6. The standard InChI is InChI=1S/C32H34FN5O2.C30H29F4N5O2/c1-19-30(37(3)36-35-19)22-15-28-29(34-18-22)24-16-26(33)25(32(2,39)23-9-10-23)17-27(24)38(28)31(20-7-5-4-6-8-20)21-11-13-40-14-12-21;1-15-28(38(4)37-36-15)17-9-24-27(35-14-17)26-20(32)10-18(30(2,3)40)11-23(26)39(24)29(16-5-7-41-8-6-16)25-21(33)12-19(31)13-22(25)34/h4-8,15-18,21,23,31,39H,9-14H2,1-3H3;9-14,16,29,40H,5-8H2,1-4H3/t31-,32?;/m1./s1. The largest absolute Gasteiger partial charge is 0.386 e. The molecule has 13 rings (SSSR count). The lowest BCUT2D eigenvalue weighted by atomic mass is 9.86. The van der Waals surface area contributed by atoms with Crippen LogP contribution in [0.3, 0.4) is 0 Å². The molecule has 19 heteroatoms. The van der Waals surface area contributed by atoms with E-state index in [2.05, 4.69) is 60.5 Å². The minimum absolute atomic E-state index is 0.0166. The highest BCUT2D eigenvalue weighted by Gasteiger charge is 2.44. The van der Waals surface area contributed by atoms with Gasteiger partial charge in [-0.3, -0.25) is 9.97 Å². The van der Waals surface area contributed by atoms with Crippen LogP contribution in [0.5, 0.6) is 0 Å². The highest BCUT2D eigenvalue weighted by Crippen LogP contribution is 2.49. The second-order valence-electron chi connectivity index (χ2n) is 22.9. The lowest BCUT2D eigenvalue weighted by Crippen LogP contribution is -2.28. The van der Waals surface area contributed by atoms with Crippen LogP contribution < -0.4 is 0 Å². The normalized spacial score (nSPS) is 17.3. The zero-order valence-electron chi connectivity index (χ0n) is 46.2. The summed E-state index contributed by atoms with van der Waals surface area (Å²) in [6.07, 6.45) is 8.01. The number of benzene rings is 4. The number of aromatic nitrogens is 10. The number of rotatable bonds is 11. The molecule has 81 heavy (non-hydrogen) atoms. The van der Waals surface area contributed by atoms with Crippen molar-refractivity contribution in [3.63, 3.8) is 0 Å². The predicted octanol–water partition coefficient (Wildman–Crippen LogP) is 12.2. The molecule has 6 aromatic heterocycles. The van der Waals surface area contributed by atoms with Crippen LogP contribution in [0.2, 0.25) is 0 Å². The Hall–Kier alpha value is -7.45. The molecule has 3 atom stereocenters. The van der Waals surface area contributed by atoms with Crippen LogP contribution in [0, 0.1) is 60.7 Å². The van der Waals surface area contributed by atoms with Gasteiger partial charge in [-0.25, -0.2) is 31.3 Å². The first kappa shape index (κ1) is 54.2. The topological polar surface area (TPSA) is 156 Å². The maximum atomic E-state index is 15.9. The molecule has 2 unspecified atom stereocenters. The van der Waals surface area contributed by atoms with Gasteiger partial charge < -0.3 is 28.8 Å². The number of nitrogens with zero attached hydrogens (tertiary/aromatic N) is 10. The molecule has 2 saturated heterocycles. The number of hydrogen-bond donors (Lipinski definition) is 2. The molecule has 3 fully saturated rings. The van der Waals surface area contributed by atoms with E-state index in [1.807, 2.05) is 32.3 Å². The van der Waals surface area contributed by atoms with Crippen LogP contribution in [0.25, 0.3) is 66.4 Å². The molecule has 4 aromatic carbocycles. The van der Waals surface area contributed by atoms with E-state index in [1.54, 1.807) is 59.2 Å². The van der Waals surface area contributed by atoms with Gasteiger partial charge in [0.05, 0.1) is 84.5 Å². The number of aliphatic hydroxyl groups is 2. The van der Waals surface area contributed by atoms with Crippen LogP contribution in [-0.4, -0.2) is 85.7 Å². The molecular weight excluding hydrogens is 1040 g/mol. The van der Waals surface area contributed by atoms with E-state index in [1.165, 1.54) is 25.5 Å². The number of ether oxygens (including phenoxy) is 2. The van der Waals surface area contributed by atoms with Crippen molar-refractivity contribution in [3.8, 4) is 22.5 Å². The first-order chi connectivity index (χ1) is 38.8. The predicted molar refractivity (Wildman–Crippen MR) is 298 cm³/mol. The Morgan fingerprint density at radius 3 is 1.64 bits per heavy atom. The quantitative estimate of drug-likeness (QED) is 0.120. The fourth-order valence-electron chi connectivity index (χ4n) is 12.8. The molecule has 1 aliphatic carbocycles. The Morgan fingerprint density at radius 2 is 1.11 bits per heavy atom. The van der Waals surface area contributed by atoms with E-state index >= 15 is 17.6 Å². The van der Waals surface area contributed by atoms with Crippen LogP contribution in [0.15, 0.2) is 91.3 Å². The summed E-state index contributed by atoms with van der Waals surface area (Å²) in [7, 11) is 3.62. The number of halogens is 5. The highest BCUT2D eigenvalue weighted by atomic mass is 19.2. The van der Waals surface area contributed by atoms with Crippen molar-refractivity contribution >= 4 is 43.9 Å². The molecule has 14 nitrogen and oxygen atoms in total. The zero-order chi connectivity index (χ0) is 56.8. The molecule has 3 aliphatic rings. The Kier molecular flexibility index (Phi) is 13.9. The molecule has 0 bridgehead atoms. The van der Waals surface area contributed by atoms with Crippen molar-refractivity contribution in [2.24, 2.45) is 31.8 Å². The lowest BCUT2D eigenvalue weighted by Gasteiger charge is -2.33. The molecule has 10 aromatic rings. The minimum Gasteiger partial charge on any atom is -0.386 e. The van der Waals surface area contributed by atoms with Gasteiger partial charge in [0.25, 0.3) is 0 Å². The van der Waals surface area contributed by atoms with Gasteiger partial charge in [0.1, 0.15) is 29.1 Å². The van der Waals surface area contributed by atoms with Gasteiger partial charge in [0.15, 0.2) is 0 Å². The third kappa shape index (κ3) is 9.64. The summed E-state index contributed by atoms with van der Waals surface area (Å²) in [5, 5.41) is 39.8. The Bertz CT molecular complexity index is 3970. The maximum absolute atomic E-state index is 15.9. The lowest BCUT2D eigenvalue weighted by molar-refractivity contribution is 0.0296. The average molecular weight is 1110 g/mol.